The topological polar surface area (TPSA) is 63.7 Å². The van der Waals surface area contributed by atoms with E-state index in [1.54, 1.807) is 18.5 Å². The Morgan fingerprint density at radius 3 is 2.43 bits per heavy atom. The Labute approximate surface area is 170 Å². The van der Waals surface area contributed by atoms with Gasteiger partial charge in [0.25, 0.3) is 0 Å². The molecule has 0 unspecified atom stereocenters. The highest BCUT2D eigenvalue weighted by Crippen LogP contribution is 2.31. The molecular formula is C22H17F3N4O. The summed E-state index contributed by atoms with van der Waals surface area (Å²) in [7, 11) is 0. The smallest absolute Gasteiger partial charge is 0.316 e. The number of halogens is 3. The summed E-state index contributed by atoms with van der Waals surface area (Å²) in [4.78, 5) is 15.2. The van der Waals surface area contributed by atoms with Crippen LogP contribution in [0.2, 0.25) is 0 Å². The minimum absolute atomic E-state index is 0.0419. The molecule has 1 aliphatic carbocycles. The largest absolute Gasteiger partial charge is 0.460 e. The van der Waals surface area contributed by atoms with E-state index in [1.165, 1.54) is 12.1 Å². The van der Waals surface area contributed by atoms with Crippen LogP contribution in [0.25, 0.3) is 33.5 Å². The maximum absolute atomic E-state index is 14.8. The molecule has 1 N–H and O–H groups in total. The highest BCUT2D eigenvalue weighted by atomic mass is 19.1. The summed E-state index contributed by atoms with van der Waals surface area (Å²) in [6, 6.07) is 6.71. The van der Waals surface area contributed by atoms with Crippen molar-refractivity contribution < 1.29 is 17.9 Å². The summed E-state index contributed by atoms with van der Waals surface area (Å²) in [5, 5.41) is 0. The number of fused-ring (bicyclic) bond motifs is 1. The van der Waals surface area contributed by atoms with Crippen LogP contribution in [0.4, 0.5) is 13.2 Å². The molecular weight excluding hydrogens is 393 g/mol. The molecule has 0 aliphatic heterocycles. The molecule has 0 atom stereocenters. The number of aromatic nitrogens is 4. The van der Waals surface area contributed by atoms with E-state index < -0.39 is 17.5 Å². The number of ether oxygens (including phenoxy) is 1. The molecule has 30 heavy (non-hydrogen) atoms. The number of imidazole rings is 1. The molecule has 5 rings (SSSR count). The van der Waals surface area contributed by atoms with Gasteiger partial charge in [-0.05, 0) is 42.5 Å². The van der Waals surface area contributed by atoms with Gasteiger partial charge in [-0.3, -0.25) is 0 Å². The van der Waals surface area contributed by atoms with E-state index in [9.17, 15) is 13.2 Å². The number of H-pyrrole nitrogens is 1. The highest BCUT2D eigenvalue weighted by molar-refractivity contribution is 5.80. The molecule has 0 bridgehead atoms. The number of rotatable bonds is 4. The predicted molar refractivity (Wildman–Crippen MR) is 105 cm³/mol. The SMILES string of the molecule is C[C@H]1C[C@@H](Oc2ncc(-c3ccc(-c4nc5c(F)cc(F)cc5[nH]4)c(F)c3)cn2)C1. The highest BCUT2D eigenvalue weighted by Gasteiger charge is 2.27. The lowest BCUT2D eigenvalue weighted by Crippen LogP contribution is -2.32. The second-order valence-corrected chi connectivity index (χ2v) is 7.63. The minimum atomic E-state index is -0.805. The van der Waals surface area contributed by atoms with Gasteiger partial charge in [-0.15, -0.1) is 0 Å². The van der Waals surface area contributed by atoms with Gasteiger partial charge in [-0.1, -0.05) is 13.0 Å². The van der Waals surface area contributed by atoms with Crippen molar-refractivity contribution in [3.63, 3.8) is 0 Å². The molecule has 8 heteroatoms. The molecule has 152 valence electrons. The lowest BCUT2D eigenvalue weighted by Gasteiger charge is -2.31. The first kappa shape index (κ1) is 18.6. The Morgan fingerprint density at radius 2 is 1.73 bits per heavy atom. The fourth-order valence-corrected chi connectivity index (χ4v) is 3.66. The third kappa shape index (κ3) is 3.38. The molecule has 4 aromatic rings. The Morgan fingerprint density at radius 1 is 0.967 bits per heavy atom. The predicted octanol–water partition coefficient (Wildman–Crippen LogP) is 5.28. The van der Waals surface area contributed by atoms with Gasteiger partial charge in [0.15, 0.2) is 5.82 Å². The van der Waals surface area contributed by atoms with E-state index in [0.717, 1.165) is 25.0 Å². The molecule has 2 aromatic heterocycles. The van der Waals surface area contributed by atoms with Crippen LogP contribution in [0.1, 0.15) is 19.8 Å². The molecule has 2 aromatic carbocycles. The third-order valence-electron chi connectivity index (χ3n) is 5.29. The molecule has 1 saturated carbocycles. The minimum Gasteiger partial charge on any atom is -0.460 e. The van der Waals surface area contributed by atoms with Gasteiger partial charge in [-0.2, -0.15) is 0 Å². The number of nitrogens with one attached hydrogen (secondary N) is 1. The van der Waals surface area contributed by atoms with Crippen molar-refractivity contribution in [3.05, 3.63) is 60.2 Å². The third-order valence-corrected chi connectivity index (χ3v) is 5.29. The molecule has 1 fully saturated rings. The van der Waals surface area contributed by atoms with Crippen molar-refractivity contribution in [2.45, 2.75) is 25.9 Å². The summed E-state index contributed by atoms with van der Waals surface area (Å²) in [5.74, 6) is -1.31. The maximum Gasteiger partial charge on any atom is 0.316 e. The summed E-state index contributed by atoms with van der Waals surface area (Å²) in [6.07, 6.45) is 5.31. The first-order chi connectivity index (χ1) is 14.5. The van der Waals surface area contributed by atoms with Gasteiger partial charge in [0.2, 0.25) is 0 Å². The monoisotopic (exact) mass is 410 g/mol. The van der Waals surface area contributed by atoms with Crippen molar-refractivity contribution in [3.8, 4) is 28.5 Å². The van der Waals surface area contributed by atoms with Crippen molar-refractivity contribution in [2.24, 2.45) is 5.92 Å². The molecule has 0 amide bonds. The zero-order valence-corrected chi connectivity index (χ0v) is 16.0. The summed E-state index contributed by atoms with van der Waals surface area (Å²) in [6.45, 7) is 2.17. The standard InChI is InChI=1S/C22H17F3N4O/c1-11-4-15(5-11)30-22-26-9-13(10-27-22)12-2-3-16(17(24)6-12)21-28-19-8-14(23)7-18(25)20(19)29-21/h2-3,6-11,15H,4-5H2,1H3,(H,28,29)/t11-,15+. The zero-order chi connectivity index (χ0) is 20.8. The Hall–Kier alpha value is -3.42. The normalized spacial score (nSPS) is 18.4. The fourth-order valence-electron chi connectivity index (χ4n) is 3.66. The van der Waals surface area contributed by atoms with Gasteiger partial charge in [0.1, 0.15) is 29.1 Å². The second-order valence-electron chi connectivity index (χ2n) is 7.63. The summed E-state index contributed by atoms with van der Waals surface area (Å²) in [5.41, 5.74) is 1.48. The molecule has 5 nitrogen and oxygen atoms in total. The van der Waals surface area contributed by atoms with Crippen LogP contribution in [0.15, 0.2) is 42.7 Å². The Kier molecular flexibility index (Phi) is 4.42. The van der Waals surface area contributed by atoms with Crippen molar-refractivity contribution >= 4 is 11.0 Å². The van der Waals surface area contributed by atoms with Crippen molar-refractivity contribution in [1.29, 1.82) is 0 Å². The molecule has 2 heterocycles. The second kappa shape index (κ2) is 7.12. The zero-order valence-electron chi connectivity index (χ0n) is 16.0. The van der Waals surface area contributed by atoms with Gasteiger partial charge in [0.05, 0.1) is 11.1 Å². The maximum atomic E-state index is 14.8. The average molecular weight is 410 g/mol. The quantitative estimate of drug-likeness (QED) is 0.497. The van der Waals surface area contributed by atoms with Crippen molar-refractivity contribution in [1.82, 2.24) is 19.9 Å². The van der Waals surface area contributed by atoms with Crippen LogP contribution >= 0.6 is 0 Å². The lowest BCUT2D eigenvalue weighted by atomic mass is 9.84. The van der Waals surface area contributed by atoms with Crippen LogP contribution in [0.5, 0.6) is 6.01 Å². The first-order valence-corrected chi connectivity index (χ1v) is 9.60. The van der Waals surface area contributed by atoms with Crippen LogP contribution < -0.4 is 4.74 Å². The van der Waals surface area contributed by atoms with Crippen LogP contribution in [0.3, 0.4) is 0 Å². The summed E-state index contributed by atoms with van der Waals surface area (Å²) < 4.78 is 47.7. The lowest BCUT2D eigenvalue weighted by molar-refractivity contribution is 0.0649. The van der Waals surface area contributed by atoms with E-state index in [0.29, 0.717) is 23.1 Å². The molecule has 0 radical (unpaired) electrons. The molecule has 0 saturated heterocycles. The number of aromatic amines is 1. The fraction of sp³-hybridized carbons (Fsp3) is 0.227. The van der Waals surface area contributed by atoms with Gasteiger partial charge in [-0.25, -0.2) is 28.1 Å². The van der Waals surface area contributed by atoms with E-state index in [-0.39, 0.29) is 28.5 Å². The number of nitrogens with zero attached hydrogens (tertiary/aromatic N) is 3. The van der Waals surface area contributed by atoms with Crippen LogP contribution in [-0.2, 0) is 0 Å². The van der Waals surface area contributed by atoms with E-state index in [2.05, 4.69) is 26.9 Å². The number of hydrogen-bond acceptors (Lipinski definition) is 4. The Balaban J connectivity index is 1.40. The van der Waals surface area contributed by atoms with E-state index in [4.69, 9.17) is 4.74 Å². The van der Waals surface area contributed by atoms with Crippen molar-refractivity contribution in [2.75, 3.05) is 0 Å². The Bertz CT molecular complexity index is 1230. The number of benzene rings is 2. The van der Waals surface area contributed by atoms with E-state index in [1.807, 2.05) is 0 Å². The van der Waals surface area contributed by atoms with Gasteiger partial charge >= 0.3 is 6.01 Å². The molecule has 0 spiro atoms. The average Bonchev–Trinajstić information content (AvgIpc) is 3.11. The van der Waals surface area contributed by atoms with Gasteiger partial charge < -0.3 is 9.72 Å². The van der Waals surface area contributed by atoms with E-state index >= 15 is 0 Å². The molecule has 1 aliphatic rings. The summed E-state index contributed by atoms with van der Waals surface area (Å²) >= 11 is 0. The van der Waals surface area contributed by atoms with Gasteiger partial charge in [0, 0.05) is 24.0 Å². The van der Waals surface area contributed by atoms with Crippen LogP contribution in [-0.4, -0.2) is 26.0 Å². The first-order valence-electron chi connectivity index (χ1n) is 9.60. The number of hydrogen-bond donors (Lipinski definition) is 1. The van der Waals surface area contributed by atoms with Crippen LogP contribution in [0, 0.1) is 23.4 Å².